The first-order valence-corrected chi connectivity index (χ1v) is 4.47. The fourth-order valence-electron chi connectivity index (χ4n) is 1.15. The zero-order valence-electron chi connectivity index (χ0n) is 8.03. The predicted octanol–water partition coefficient (Wildman–Crippen LogP) is 1.05. The van der Waals surface area contributed by atoms with Crippen LogP contribution in [-0.2, 0) is 4.74 Å². The SMILES string of the molecule is COc1ccc(N)cc1OC[C@H]1CO1. The van der Waals surface area contributed by atoms with Gasteiger partial charge in [-0.05, 0) is 12.1 Å². The number of hydrogen-bond acceptors (Lipinski definition) is 4. The fraction of sp³-hybridized carbons (Fsp3) is 0.400. The van der Waals surface area contributed by atoms with Gasteiger partial charge in [-0.25, -0.2) is 0 Å². The quantitative estimate of drug-likeness (QED) is 0.576. The van der Waals surface area contributed by atoms with Gasteiger partial charge in [-0.1, -0.05) is 0 Å². The van der Waals surface area contributed by atoms with E-state index in [1.54, 1.807) is 25.3 Å². The number of ether oxygens (including phenoxy) is 3. The number of hydrogen-bond donors (Lipinski definition) is 1. The zero-order chi connectivity index (χ0) is 9.97. The molecule has 0 aliphatic carbocycles. The smallest absolute Gasteiger partial charge is 0.163 e. The number of epoxide rings is 1. The minimum absolute atomic E-state index is 0.237. The van der Waals surface area contributed by atoms with Gasteiger partial charge in [0.05, 0.1) is 13.7 Å². The van der Waals surface area contributed by atoms with Crippen molar-refractivity contribution in [3.05, 3.63) is 18.2 Å². The molecule has 0 radical (unpaired) electrons. The van der Waals surface area contributed by atoms with Crippen LogP contribution in [0.5, 0.6) is 11.5 Å². The van der Waals surface area contributed by atoms with Crippen LogP contribution < -0.4 is 15.2 Å². The van der Waals surface area contributed by atoms with E-state index in [2.05, 4.69) is 0 Å². The average Bonchev–Trinajstić information content (AvgIpc) is 2.98. The molecular formula is C10H13NO3. The van der Waals surface area contributed by atoms with Gasteiger partial charge < -0.3 is 19.9 Å². The maximum Gasteiger partial charge on any atom is 0.163 e. The average molecular weight is 195 g/mol. The van der Waals surface area contributed by atoms with Crippen molar-refractivity contribution < 1.29 is 14.2 Å². The third-order valence-electron chi connectivity index (χ3n) is 2.01. The highest BCUT2D eigenvalue weighted by atomic mass is 16.6. The summed E-state index contributed by atoms with van der Waals surface area (Å²) >= 11 is 0. The third kappa shape index (κ3) is 2.09. The van der Waals surface area contributed by atoms with Crippen molar-refractivity contribution in [3.63, 3.8) is 0 Å². The molecule has 1 aliphatic heterocycles. The van der Waals surface area contributed by atoms with E-state index in [1.165, 1.54) is 0 Å². The molecule has 2 rings (SSSR count). The second kappa shape index (κ2) is 3.75. The Morgan fingerprint density at radius 1 is 1.50 bits per heavy atom. The Hall–Kier alpha value is -1.42. The molecule has 76 valence electrons. The summed E-state index contributed by atoms with van der Waals surface area (Å²) in [7, 11) is 1.60. The topological polar surface area (TPSA) is 57.0 Å². The standard InChI is InChI=1S/C10H13NO3/c1-12-9-3-2-7(11)4-10(9)14-6-8-5-13-8/h2-4,8H,5-6,11H2,1H3/t8-/m1/s1. The van der Waals surface area contributed by atoms with Crippen LogP contribution >= 0.6 is 0 Å². The lowest BCUT2D eigenvalue weighted by molar-refractivity contribution is 0.252. The van der Waals surface area contributed by atoms with Crippen molar-refractivity contribution in [1.82, 2.24) is 0 Å². The van der Waals surface area contributed by atoms with Crippen LogP contribution in [0.2, 0.25) is 0 Å². The van der Waals surface area contributed by atoms with E-state index in [0.29, 0.717) is 23.8 Å². The van der Waals surface area contributed by atoms with Crippen molar-refractivity contribution in [2.24, 2.45) is 0 Å². The molecule has 1 aromatic carbocycles. The Labute approximate surface area is 82.6 Å². The minimum atomic E-state index is 0.237. The lowest BCUT2D eigenvalue weighted by Gasteiger charge is -2.09. The van der Waals surface area contributed by atoms with E-state index in [9.17, 15) is 0 Å². The van der Waals surface area contributed by atoms with Crippen LogP contribution in [0.25, 0.3) is 0 Å². The van der Waals surface area contributed by atoms with Gasteiger partial charge in [0.2, 0.25) is 0 Å². The van der Waals surface area contributed by atoms with E-state index in [-0.39, 0.29) is 6.10 Å². The van der Waals surface area contributed by atoms with E-state index >= 15 is 0 Å². The lowest BCUT2D eigenvalue weighted by atomic mass is 10.3. The molecule has 0 bridgehead atoms. The van der Waals surface area contributed by atoms with Gasteiger partial charge >= 0.3 is 0 Å². The number of nitrogen functional groups attached to an aromatic ring is 1. The summed E-state index contributed by atoms with van der Waals surface area (Å²) in [4.78, 5) is 0. The molecule has 1 saturated heterocycles. The number of benzene rings is 1. The van der Waals surface area contributed by atoms with Gasteiger partial charge in [-0.2, -0.15) is 0 Å². The number of rotatable bonds is 4. The summed E-state index contributed by atoms with van der Waals surface area (Å²) in [5.74, 6) is 1.36. The van der Waals surface area contributed by atoms with Crippen molar-refractivity contribution in [1.29, 1.82) is 0 Å². The van der Waals surface area contributed by atoms with Crippen molar-refractivity contribution in [2.75, 3.05) is 26.1 Å². The molecule has 0 unspecified atom stereocenters. The summed E-state index contributed by atoms with van der Waals surface area (Å²) in [5.41, 5.74) is 6.30. The summed E-state index contributed by atoms with van der Waals surface area (Å²) in [5, 5.41) is 0. The molecule has 14 heavy (non-hydrogen) atoms. The first kappa shape index (κ1) is 9.15. The monoisotopic (exact) mass is 195 g/mol. The number of methoxy groups -OCH3 is 1. The summed E-state index contributed by atoms with van der Waals surface area (Å²) in [6, 6.07) is 5.32. The second-order valence-electron chi connectivity index (χ2n) is 3.18. The van der Waals surface area contributed by atoms with Crippen molar-refractivity contribution >= 4 is 5.69 Å². The predicted molar refractivity (Wildman–Crippen MR) is 52.6 cm³/mol. The van der Waals surface area contributed by atoms with E-state index < -0.39 is 0 Å². The maximum atomic E-state index is 5.64. The van der Waals surface area contributed by atoms with Crippen molar-refractivity contribution in [2.45, 2.75) is 6.10 Å². The minimum Gasteiger partial charge on any atom is -0.493 e. The highest BCUT2D eigenvalue weighted by molar-refractivity contribution is 5.51. The van der Waals surface area contributed by atoms with Crippen LogP contribution in [-0.4, -0.2) is 26.4 Å². The first-order valence-electron chi connectivity index (χ1n) is 4.47. The lowest BCUT2D eigenvalue weighted by Crippen LogP contribution is -2.05. The molecule has 4 nitrogen and oxygen atoms in total. The summed E-state index contributed by atoms with van der Waals surface area (Å²) in [6.07, 6.45) is 0.237. The number of nitrogens with two attached hydrogens (primary N) is 1. The molecule has 0 saturated carbocycles. The van der Waals surface area contributed by atoms with Gasteiger partial charge in [0.1, 0.15) is 12.7 Å². The first-order chi connectivity index (χ1) is 6.79. The van der Waals surface area contributed by atoms with Gasteiger partial charge in [0.15, 0.2) is 11.5 Å². The fourth-order valence-corrected chi connectivity index (χ4v) is 1.15. The molecule has 1 atom stereocenters. The molecule has 1 heterocycles. The molecule has 0 aromatic heterocycles. The molecular weight excluding hydrogens is 182 g/mol. The number of anilines is 1. The van der Waals surface area contributed by atoms with E-state index in [4.69, 9.17) is 19.9 Å². The highest BCUT2D eigenvalue weighted by Gasteiger charge is 2.23. The third-order valence-corrected chi connectivity index (χ3v) is 2.01. The zero-order valence-corrected chi connectivity index (χ0v) is 8.03. The maximum absolute atomic E-state index is 5.64. The molecule has 2 N–H and O–H groups in total. The second-order valence-corrected chi connectivity index (χ2v) is 3.18. The van der Waals surface area contributed by atoms with Crippen LogP contribution in [0.15, 0.2) is 18.2 Å². The Balaban J connectivity index is 2.07. The Bertz CT molecular complexity index is 323. The van der Waals surface area contributed by atoms with Gasteiger partial charge in [0, 0.05) is 11.8 Å². The highest BCUT2D eigenvalue weighted by Crippen LogP contribution is 2.29. The molecule has 1 aliphatic rings. The van der Waals surface area contributed by atoms with E-state index in [1.807, 2.05) is 0 Å². The molecule has 4 heteroatoms. The molecule has 0 amide bonds. The van der Waals surface area contributed by atoms with Crippen LogP contribution in [0, 0.1) is 0 Å². The van der Waals surface area contributed by atoms with Gasteiger partial charge in [-0.3, -0.25) is 0 Å². The molecule has 1 fully saturated rings. The van der Waals surface area contributed by atoms with Gasteiger partial charge in [0.25, 0.3) is 0 Å². The van der Waals surface area contributed by atoms with E-state index in [0.717, 1.165) is 6.61 Å². The largest absolute Gasteiger partial charge is 0.493 e. The van der Waals surface area contributed by atoms with Gasteiger partial charge in [-0.15, -0.1) is 0 Å². The summed E-state index contributed by atoms with van der Waals surface area (Å²) < 4.78 is 15.7. The molecule has 0 spiro atoms. The van der Waals surface area contributed by atoms with Crippen LogP contribution in [0.1, 0.15) is 0 Å². The molecule has 1 aromatic rings. The Morgan fingerprint density at radius 3 is 2.93 bits per heavy atom. The summed E-state index contributed by atoms with van der Waals surface area (Å²) in [6.45, 7) is 1.34. The van der Waals surface area contributed by atoms with Crippen LogP contribution in [0.4, 0.5) is 5.69 Å². The Morgan fingerprint density at radius 2 is 2.29 bits per heavy atom. The van der Waals surface area contributed by atoms with Crippen LogP contribution in [0.3, 0.4) is 0 Å². The van der Waals surface area contributed by atoms with Crippen molar-refractivity contribution in [3.8, 4) is 11.5 Å². The Kier molecular flexibility index (Phi) is 2.45. The normalized spacial score (nSPS) is 19.1.